The van der Waals surface area contributed by atoms with Crippen molar-refractivity contribution in [1.82, 2.24) is 15.5 Å². The summed E-state index contributed by atoms with van der Waals surface area (Å²) in [6.07, 6.45) is 1.96. The topological polar surface area (TPSA) is 68.0 Å². The molecule has 0 radical (unpaired) electrons. The van der Waals surface area contributed by atoms with Crippen LogP contribution in [0.25, 0.3) is 11.4 Å². The van der Waals surface area contributed by atoms with Crippen LogP contribution < -0.4 is 5.32 Å². The first-order valence-electron chi connectivity index (χ1n) is 7.75. The van der Waals surface area contributed by atoms with Crippen molar-refractivity contribution >= 4 is 5.91 Å². The van der Waals surface area contributed by atoms with Crippen molar-refractivity contribution in [3.05, 3.63) is 35.7 Å². The molecule has 116 valence electrons. The smallest absolute Gasteiger partial charge is 0.249 e. The fraction of sp³-hybridized carbons (Fsp3) is 0.471. The van der Waals surface area contributed by atoms with E-state index in [4.69, 9.17) is 4.52 Å². The molecule has 1 amide bonds. The molecule has 1 aliphatic carbocycles. The van der Waals surface area contributed by atoms with Crippen molar-refractivity contribution < 1.29 is 9.32 Å². The van der Waals surface area contributed by atoms with Crippen LogP contribution in [-0.2, 0) is 4.79 Å². The molecule has 1 N–H and O–H groups in total. The van der Waals surface area contributed by atoms with Gasteiger partial charge in [0.25, 0.3) is 0 Å². The minimum Gasteiger partial charge on any atom is -0.344 e. The first kappa shape index (κ1) is 14.8. The van der Waals surface area contributed by atoms with Crippen LogP contribution in [-0.4, -0.2) is 16.0 Å². The van der Waals surface area contributed by atoms with E-state index in [2.05, 4.69) is 15.5 Å². The number of rotatable bonds is 5. The van der Waals surface area contributed by atoms with Crippen molar-refractivity contribution in [3.8, 4) is 11.4 Å². The summed E-state index contributed by atoms with van der Waals surface area (Å²) in [5.74, 6) is 1.48. The van der Waals surface area contributed by atoms with Crippen LogP contribution in [0.1, 0.15) is 44.2 Å². The Kier molecular flexibility index (Phi) is 3.96. The van der Waals surface area contributed by atoms with Gasteiger partial charge in [-0.15, -0.1) is 0 Å². The quantitative estimate of drug-likeness (QED) is 0.920. The average molecular weight is 299 g/mol. The third-order valence-corrected chi connectivity index (χ3v) is 3.90. The molecule has 1 fully saturated rings. The van der Waals surface area contributed by atoms with Crippen LogP contribution in [0.15, 0.2) is 28.8 Å². The van der Waals surface area contributed by atoms with Crippen LogP contribution in [0.5, 0.6) is 0 Å². The normalized spacial score (nSPS) is 15.8. The molecule has 1 heterocycles. The lowest BCUT2D eigenvalue weighted by Gasteiger charge is -2.18. The lowest BCUT2D eigenvalue weighted by Crippen LogP contribution is -2.33. The molecule has 1 unspecified atom stereocenters. The Labute approximate surface area is 130 Å². The number of aryl methyl sites for hydroxylation is 1. The predicted molar refractivity (Wildman–Crippen MR) is 82.9 cm³/mol. The zero-order chi connectivity index (χ0) is 15.7. The number of nitrogens with one attached hydrogen (secondary N) is 1. The van der Waals surface area contributed by atoms with E-state index >= 15 is 0 Å². The Morgan fingerprint density at radius 1 is 1.36 bits per heavy atom. The predicted octanol–water partition coefficient (Wildman–Crippen LogP) is 3.27. The molecule has 22 heavy (non-hydrogen) atoms. The Bertz CT molecular complexity index is 674. The first-order chi connectivity index (χ1) is 10.5. The Balaban J connectivity index is 1.81. The van der Waals surface area contributed by atoms with E-state index in [-0.39, 0.29) is 23.8 Å². The highest BCUT2D eigenvalue weighted by molar-refractivity contribution is 5.81. The van der Waals surface area contributed by atoms with Gasteiger partial charge in [0.05, 0.1) is 0 Å². The maximum absolute atomic E-state index is 12.0. The van der Waals surface area contributed by atoms with E-state index < -0.39 is 0 Å². The van der Waals surface area contributed by atoms with Gasteiger partial charge >= 0.3 is 0 Å². The number of hydrogen-bond donors (Lipinski definition) is 1. The highest BCUT2D eigenvalue weighted by atomic mass is 16.5. The molecule has 3 rings (SSSR count). The molecule has 2 aromatic rings. The summed E-state index contributed by atoms with van der Waals surface area (Å²) in [6, 6.07) is 7.72. The summed E-state index contributed by atoms with van der Waals surface area (Å²) < 4.78 is 5.41. The summed E-state index contributed by atoms with van der Waals surface area (Å²) in [4.78, 5) is 16.5. The number of hydrogen-bond acceptors (Lipinski definition) is 4. The maximum atomic E-state index is 12.0. The first-order valence-corrected chi connectivity index (χ1v) is 7.75. The summed E-state index contributed by atoms with van der Waals surface area (Å²) >= 11 is 0. The van der Waals surface area contributed by atoms with Crippen LogP contribution in [0, 0.1) is 18.8 Å². The minimum atomic E-state index is -0.237. The number of benzene rings is 1. The van der Waals surface area contributed by atoms with E-state index in [0.29, 0.717) is 11.7 Å². The lowest BCUT2D eigenvalue weighted by atomic mass is 10.0. The lowest BCUT2D eigenvalue weighted by molar-refractivity contribution is -0.123. The van der Waals surface area contributed by atoms with Crippen molar-refractivity contribution in [3.63, 3.8) is 0 Å². The van der Waals surface area contributed by atoms with E-state index in [1.165, 1.54) is 0 Å². The van der Waals surface area contributed by atoms with Gasteiger partial charge in [-0.1, -0.05) is 42.8 Å². The molecule has 5 nitrogen and oxygen atoms in total. The van der Waals surface area contributed by atoms with E-state index in [9.17, 15) is 4.79 Å². The second-order valence-corrected chi connectivity index (χ2v) is 6.33. The van der Waals surface area contributed by atoms with E-state index in [1.807, 2.05) is 45.0 Å². The minimum absolute atomic E-state index is 0.0917. The number of aromatic nitrogens is 2. The average Bonchev–Trinajstić information content (AvgIpc) is 3.22. The van der Waals surface area contributed by atoms with Crippen molar-refractivity contribution in [2.45, 2.75) is 39.7 Å². The van der Waals surface area contributed by atoms with Gasteiger partial charge in [0.2, 0.25) is 17.6 Å². The zero-order valence-corrected chi connectivity index (χ0v) is 13.2. The highest BCUT2D eigenvalue weighted by Crippen LogP contribution is 2.31. The Hall–Kier alpha value is -2.17. The largest absolute Gasteiger partial charge is 0.344 e. The van der Waals surface area contributed by atoms with Gasteiger partial charge in [0.15, 0.2) is 0 Å². The highest BCUT2D eigenvalue weighted by Gasteiger charge is 2.33. The number of carbonyl (C=O) groups excluding carboxylic acids is 1. The Morgan fingerprint density at radius 2 is 2.14 bits per heavy atom. The Morgan fingerprint density at radius 3 is 2.77 bits per heavy atom. The number of carbonyl (C=O) groups is 1. The third-order valence-electron chi connectivity index (χ3n) is 3.90. The molecular weight excluding hydrogens is 278 g/mol. The van der Waals surface area contributed by atoms with Gasteiger partial charge in [0, 0.05) is 11.5 Å². The molecule has 1 saturated carbocycles. The monoisotopic (exact) mass is 299 g/mol. The fourth-order valence-electron chi connectivity index (χ4n) is 2.39. The second kappa shape index (κ2) is 5.91. The van der Waals surface area contributed by atoms with Gasteiger partial charge in [-0.25, -0.2) is 0 Å². The van der Waals surface area contributed by atoms with Crippen LogP contribution >= 0.6 is 0 Å². The summed E-state index contributed by atoms with van der Waals surface area (Å²) in [5.41, 5.74) is 2.07. The fourth-order valence-corrected chi connectivity index (χ4v) is 2.39. The molecule has 0 aliphatic heterocycles. The van der Waals surface area contributed by atoms with Gasteiger partial charge in [0.1, 0.15) is 6.04 Å². The van der Waals surface area contributed by atoms with E-state index in [0.717, 1.165) is 24.0 Å². The van der Waals surface area contributed by atoms with Crippen molar-refractivity contribution in [2.24, 2.45) is 11.8 Å². The number of nitrogens with zero attached hydrogens (tertiary/aromatic N) is 2. The zero-order valence-electron chi connectivity index (χ0n) is 13.2. The summed E-state index contributed by atoms with van der Waals surface area (Å²) in [5, 5.41) is 7.10. The van der Waals surface area contributed by atoms with Gasteiger partial charge in [-0.2, -0.15) is 4.98 Å². The van der Waals surface area contributed by atoms with Gasteiger partial charge in [-0.3, -0.25) is 4.79 Å². The van der Waals surface area contributed by atoms with E-state index in [1.54, 1.807) is 0 Å². The second-order valence-electron chi connectivity index (χ2n) is 6.33. The molecule has 5 heteroatoms. The molecular formula is C17H21N3O2. The van der Waals surface area contributed by atoms with Crippen LogP contribution in [0.4, 0.5) is 0 Å². The molecule has 1 atom stereocenters. The molecule has 1 aromatic carbocycles. The summed E-state index contributed by atoms with van der Waals surface area (Å²) in [7, 11) is 0. The maximum Gasteiger partial charge on any atom is 0.249 e. The van der Waals surface area contributed by atoms with Gasteiger partial charge in [-0.05, 0) is 31.7 Å². The molecule has 0 bridgehead atoms. The third kappa shape index (κ3) is 3.18. The number of amides is 1. The summed E-state index contributed by atoms with van der Waals surface area (Å²) in [6.45, 7) is 6.10. The molecule has 0 saturated heterocycles. The standard InChI is InChI=1S/C17H21N3O2/c1-10(2)14(18-16(21)12-7-8-12)17-19-15(20-22-17)13-6-4-5-11(3)9-13/h4-6,9-10,12,14H,7-8H2,1-3H3,(H,18,21). The van der Waals surface area contributed by atoms with Crippen LogP contribution in [0.2, 0.25) is 0 Å². The molecule has 1 aromatic heterocycles. The van der Waals surface area contributed by atoms with Gasteiger partial charge < -0.3 is 9.84 Å². The van der Waals surface area contributed by atoms with Crippen molar-refractivity contribution in [1.29, 1.82) is 0 Å². The molecule has 0 spiro atoms. The van der Waals surface area contributed by atoms with Crippen LogP contribution in [0.3, 0.4) is 0 Å². The SMILES string of the molecule is Cc1cccc(-c2noc(C(NC(=O)C3CC3)C(C)C)n2)c1. The van der Waals surface area contributed by atoms with Crippen molar-refractivity contribution in [2.75, 3.05) is 0 Å². The molecule has 1 aliphatic rings.